The lowest BCUT2D eigenvalue weighted by molar-refractivity contribution is -0.156. The van der Waals surface area contributed by atoms with E-state index in [0.717, 1.165) is 22.0 Å². The fourth-order valence-electron chi connectivity index (χ4n) is 7.23. The first kappa shape index (κ1) is 65.9. The Morgan fingerprint density at radius 2 is 0.848 bits per heavy atom. The lowest BCUT2D eigenvalue weighted by Gasteiger charge is -2.32. The lowest BCUT2D eigenvalue weighted by atomic mass is 9.92. The van der Waals surface area contributed by atoms with Gasteiger partial charge in [-0.25, -0.2) is 9.59 Å². The number of nitrogens with zero attached hydrogens (tertiary/aromatic N) is 10. The summed E-state index contributed by atoms with van der Waals surface area (Å²) in [6.07, 6.45) is 8.57. The summed E-state index contributed by atoms with van der Waals surface area (Å²) in [6.45, 7) is 24.9. The normalized spacial score (nSPS) is 12.3. The number of aliphatic imine (C=N–C) groups is 1. The monoisotopic (exact) mass is 1220 g/mol. The van der Waals surface area contributed by atoms with Crippen molar-refractivity contribution in [3.63, 3.8) is 0 Å². The third kappa shape index (κ3) is 30.0. The Balaban J connectivity index is 1.42. The fraction of sp³-hybridized carbons (Fsp3) is 0.685. The molecule has 0 aliphatic rings. The van der Waals surface area contributed by atoms with Crippen molar-refractivity contribution in [3.05, 3.63) is 69.1 Å². The Kier molecular flexibility index (Phi) is 26.7. The molecule has 3 aromatic heterocycles. The van der Waals surface area contributed by atoms with Crippen LogP contribution in [0.1, 0.15) is 157 Å². The summed E-state index contributed by atoms with van der Waals surface area (Å²) in [7, 11) is 0. The van der Waals surface area contributed by atoms with Crippen molar-refractivity contribution >= 4 is 52.7 Å². The van der Waals surface area contributed by atoms with E-state index in [1.807, 2.05) is 84.4 Å². The molecule has 79 heavy (non-hydrogen) atoms. The molecule has 0 aliphatic carbocycles. The Morgan fingerprint density at radius 3 is 1.22 bits per heavy atom. The molecule has 0 unspecified atom stereocenters. The van der Waals surface area contributed by atoms with Crippen molar-refractivity contribution in [2.45, 2.75) is 203 Å². The minimum atomic E-state index is -0.843. The highest BCUT2D eigenvalue weighted by Gasteiger charge is 2.34. The van der Waals surface area contributed by atoms with Gasteiger partial charge in [-0.15, -0.1) is 15.3 Å². The standard InChI is InChI=1S/C54H85IN12O12/c1-50(2,3)76-45(68)19-13-16-26-65-29-42(59-62-65)33-73-37-54(36-72-32-40-21-23-41(55)24-22-40,38-74-34-43-30-66(63-60-43)27-17-14-20-46(69)77-51(4,5)6)39-75-35-44-31-67(64-61-44)28-18-15-25-56-47(57-48(70)78-52(7,8)9)58-49(71)79-53(10,11)12/h21-24,29-31H,13-20,25-28,32-39H2,1-12H3,(H2,56,57,58,70,71). The van der Waals surface area contributed by atoms with E-state index in [1.165, 1.54) is 0 Å². The molecule has 2 N–H and O–H groups in total. The van der Waals surface area contributed by atoms with Gasteiger partial charge in [0.25, 0.3) is 0 Å². The number of benzene rings is 1. The second kappa shape index (κ2) is 32.0. The van der Waals surface area contributed by atoms with Crippen molar-refractivity contribution in [1.82, 2.24) is 55.6 Å². The van der Waals surface area contributed by atoms with Crippen LogP contribution < -0.4 is 10.6 Å². The number of rotatable bonds is 31. The van der Waals surface area contributed by atoms with Crippen molar-refractivity contribution in [1.29, 1.82) is 0 Å². The van der Waals surface area contributed by atoms with E-state index in [2.05, 4.69) is 69.2 Å². The van der Waals surface area contributed by atoms with Crippen LogP contribution in [0, 0.1) is 8.99 Å². The molecule has 0 aliphatic heterocycles. The molecule has 0 radical (unpaired) electrons. The van der Waals surface area contributed by atoms with E-state index in [0.29, 0.717) is 81.8 Å². The van der Waals surface area contributed by atoms with Gasteiger partial charge in [-0.1, -0.05) is 27.8 Å². The van der Waals surface area contributed by atoms with Crippen LogP contribution in [0.25, 0.3) is 0 Å². The second-order valence-corrected chi connectivity index (χ2v) is 24.5. The van der Waals surface area contributed by atoms with Crippen LogP contribution in [-0.2, 0) is 93.5 Å². The molecule has 0 saturated heterocycles. The van der Waals surface area contributed by atoms with Gasteiger partial charge in [0.2, 0.25) is 5.96 Å². The maximum Gasteiger partial charge on any atom is 0.414 e. The van der Waals surface area contributed by atoms with Gasteiger partial charge >= 0.3 is 24.1 Å². The van der Waals surface area contributed by atoms with E-state index in [9.17, 15) is 19.2 Å². The molecule has 25 heteroatoms. The summed E-state index contributed by atoms with van der Waals surface area (Å²) in [5.74, 6) is -0.539. The van der Waals surface area contributed by atoms with Gasteiger partial charge in [0.15, 0.2) is 0 Å². The van der Waals surface area contributed by atoms with Gasteiger partial charge in [0.1, 0.15) is 39.5 Å². The maximum atomic E-state index is 12.5. The molecule has 0 atom stereocenters. The van der Waals surface area contributed by atoms with Crippen LogP contribution in [0.5, 0.6) is 0 Å². The number of alkyl carbamates (subject to hydrolysis) is 2. The van der Waals surface area contributed by atoms with Crippen LogP contribution in [-0.4, -0.2) is 130 Å². The molecule has 0 spiro atoms. The zero-order chi connectivity index (χ0) is 58.1. The summed E-state index contributed by atoms with van der Waals surface area (Å²) in [4.78, 5) is 53.8. The average Bonchev–Trinajstić information content (AvgIpc) is 4.10. The summed E-state index contributed by atoms with van der Waals surface area (Å²) >= 11 is 2.27. The number of guanidine groups is 1. The predicted octanol–water partition coefficient (Wildman–Crippen LogP) is 8.43. The number of unbranched alkanes of at least 4 members (excludes halogenated alkanes) is 3. The summed E-state index contributed by atoms with van der Waals surface area (Å²) in [5, 5.41) is 30.9. The van der Waals surface area contributed by atoms with E-state index in [4.69, 9.17) is 37.9 Å². The number of hydrogen-bond donors (Lipinski definition) is 2. The van der Waals surface area contributed by atoms with Gasteiger partial charge in [-0.2, -0.15) is 0 Å². The first-order valence-electron chi connectivity index (χ1n) is 26.8. The smallest absolute Gasteiger partial charge is 0.414 e. The topological polar surface area (TPSA) is 271 Å². The molecule has 440 valence electrons. The SMILES string of the molecule is CC(C)(C)OC(=O)CCCCn1cc(COCC(COCc2ccc(I)cc2)(COCc2cn(CCCCN=C(NC(=O)OC(C)(C)C)NC(=O)OC(C)(C)C)nn2)COCc2cn(CCCCC(=O)OC(C)(C)C)nn2)nn1. The van der Waals surface area contributed by atoms with Crippen LogP contribution in [0.2, 0.25) is 0 Å². The van der Waals surface area contributed by atoms with Gasteiger partial charge in [-0.3, -0.25) is 39.3 Å². The molecule has 4 rings (SSSR count). The minimum Gasteiger partial charge on any atom is -0.460 e. The molecule has 4 aromatic rings. The number of amides is 2. The third-order valence-electron chi connectivity index (χ3n) is 10.5. The average molecular weight is 1220 g/mol. The number of hydrogen-bond acceptors (Lipinski definition) is 19. The molecule has 3 heterocycles. The molecular weight excluding hydrogens is 1140 g/mol. The van der Waals surface area contributed by atoms with Crippen LogP contribution >= 0.6 is 22.6 Å². The first-order chi connectivity index (χ1) is 37.1. The van der Waals surface area contributed by atoms with Crippen molar-refractivity contribution in [2.75, 3.05) is 33.0 Å². The van der Waals surface area contributed by atoms with E-state index in [-0.39, 0.29) is 70.7 Å². The maximum absolute atomic E-state index is 12.5. The zero-order valence-electron chi connectivity index (χ0n) is 48.4. The number of halogens is 1. The number of carbonyl (C=O) groups is 4. The van der Waals surface area contributed by atoms with Crippen molar-refractivity contribution in [2.24, 2.45) is 10.4 Å². The molecule has 24 nitrogen and oxygen atoms in total. The number of aryl methyl sites for hydroxylation is 3. The minimum absolute atomic E-state index is 0.0863. The summed E-state index contributed by atoms with van der Waals surface area (Å²) in [5.41, 5.74) is -0.553. The molecule has 0 fully saturated rings. The molecule has 1 aromatic carbocycles. The van der Waals surface area contributed by atoms with Crippen LogP contribution in [0.3, 0.4) is 0 Å². The Labute approximate surface area is 478 Å². The molecule has 0 bridgehead atoms. The summed E-state index contributed by atoms with van der Waals surface area (Å²) < 4.78 is 53.5. The predicted molar refractivity (Wildman–Crippen MR) is 300 cm³/mol. The highest BCUT2D eigenvalue weighted by atomic mass is 127. The zero-order valence-corrected chi connectivity index (χ0v) is 50.6. The van der Waals surface area contributed by atoms with Crippen LogP contribution in [0.15, 0.2) is 47.8 Å². The van der Waals surface area contributed by atoms with E-state index in [1.54, 1.807) is 55.6 Å². The largest absolute Gasteiger partial charge is 0.460 e. The fourth-order valence-corrected chi connectivity index (χ4v) is 7.59. The Hall–Kier alpha value is -5.64. The number of nitrogens with one attached hydrogen (secondary N) is 2. The van der Waals surface area contributed by atoms with E-state index >= 15 is 0 Å². The quantitative estimate of drug-likeness (QED) is 0.0119. The van der Waals surface area contributed by atoms with Gasteiger partial charge < -0.3 is 37.9 Å². The second-order valence-electron chi connectivity index (χ2n) is 23.3. The number of aromatic nitrogens is 9. The van der Waals surface area contributed by atoms with Gasteiger partial charge in [0.05, 0.1) is 76.9 Å². The Morgan fingerprint density at radius 1 is 0.494 bits per heavy atom. The van der Waals surface area contributed by atoms with Crippen LogP contribution in [0.4, 0.5) is 9.59 Å². The lowest BCUT2D eigenvalue weighted by Crippen LogP contribution is -2.47. The number of esters is 2. The highest BCUT2D eigenvalue weighted by molar-refractivity contribution is 14.1. The molecule has 2 amide bonds. The van der Waals surface area contributed by atoms with Gasteiger partial charge in [-0.05, 0) is 162 Å². The van der Waals surface area contributed by atoms with Crippen molar-refractivity contribution in [3.8, 4) is 0 Å². The Bertz CT molecular complexity index is 2390. The highest BCUT2D eigenvalue weighted by Crippen LogP contribution is 2.24. The number of ether oxygens (including phenoxy) is 8. The molecule has 0 saturated carbocycles. The summed E-state index contributed by atoms with van der Waals surface area (Å²) in [6, 6.07) is 8.10. The number of carbonyl (C=O) groups excluding carboxylic acids is 4. The van der Waals surface area contributed by atoms with Crippen molar-refractivity contribution < 1.29 is 57.1 Å². The first-order valence-corrected chi connectivity index (χ1v) is 27.9. The third-order valence-corrected chi connectivity index (χ3v) is 11.2. The molecular formula is C54H85IN12O12. The van der Waals surface area contributed by atoms with E-state index < -0.39 is 40.0 Å². The van der Waals surface area contributed by atoms with Gasteiger partial charge in [0, 0.05) is 42.6 Å².